The number of hydrogen-bond acceptors (Lipinski definition) is 3. The van der Waals surface area contributed by atoms with Crippen LogP contribution in [-0.4, -0.2) is 18.5 Å². The van der Waals surface area contributed by atoms with E-state index >= 15 is 0 Å². The van der Waals surface area contributed by atoms with Gasteiger partial charge in [-0.1, -0.05) is 42.5 Å². The number of esters is 1. The van der Waals surface area contributed by atoms with Gasteiger partial charge >= 0.3 is 5.97 Å². The second-order valence-corrected chi connectivity index (χ2v) is 4.77. The van der Waals surface area contributed by atoms with Gasteiger partial charge in [0.15, 0.2) is 0 Å². The number of allylic oxidation sites excluding steroid dienone is 1. The average Bonchev–Trinajstić information content (AvgIpc) is 2.50. The zero-order chi connectivity index (χ0) is 15.2. The van der Waals surface area contributed by atoms with Crippen LogP contribution in [0.1, 0.15) is 25.8 Å². The van der Waals surface area contributed by atoms with Crippen LogP contribution in [0.15, 0.2) is 48.1 Å². The minimum Gasteiger partial charge on any atom is -0.463 e. The fourth-order valence-electron chi connectivity index (χ4n) is 2.35. The quantitative estimate of drug-likeness (QED) is 0.683. The maximum absolute atomic E-state index is 12.2. The lowest BCUT2D eigenvalue weighted by Crippen LogP contribution is -2.36. The summed E-state index contributed by atoms with van der Waals surface area (Å²) in [6.45, 7) is 3.94. The van der Waals surface area contributed by atoms with Crippen molar-refractivity contribution in [2.45, 2.75) is 20.3 Å². The van der Waals surface area contributed by atoms with E-state index < -0.39 is 0 Å². The Bertz CT molecular complexity index is 587. The number of rotatable bonds is 4. The van der Waals surface area contributed by atoms with Crippen LogP contribution in [0.3, 0.4) is 0 Å². The molecule has 4 nitrogen and oxygen atoms in total. The van der Waals surface area contributed by atoms with E-state index in [-0.39, 0.29) is 17.8 Å². The second-order valence-electron chi connectivity index (χ2n) is 4.77. The van der Waals surface area contributed by atoms with Crippen molar-refractivity contribution in [3.63, 3.8) is 0 Å². The van der Waals surface area contributed by atoms with Gasteiger partial charge in [-0.3, -0.25) is 4.79 Å². The number of hydrogen-bond donors (Lipinski definition) is 1. The molecule has 1 N–H and O–H groups in total. The minimum atomic E-state index is -0.370. The maximum Gasteiger partial charge on any atom is 0.336 e. The van der Waals surface area contributed by atoms with Crippen LogP contribution in [0.5, 0.6) is 0 Å². The van der Waals surface area contributed by atoms with E-state index in [0.717, 1.165) is 5.56 Å². The lowest BCUT2D eigenvalue weighted by Gasteiger charge is -2.25. The number of carbonyl (C=O) groups excluding carboxylic acids is 2. The number of ether oxygens (including phenoxy) is 1. The Morgan fingerprint density at radius 2 is 2.10 bits per heavy atom. The van der Waals surface area contributed by atoms with Gasteiger partial charge in [-0.15, -0.1) is 0 Å². The van der Waals surface area contributed by atoms with Crippen LogP contribution in [0.25, 0.3) is 5.70 Å². The molecule has 4 heteroatoms. The summed E-state index contributed by atoms with van der Waals surface area (Å²) >= 11 is 0. The number of nitrogens with one attached hydrogen (secondary N) is 1. The molecule has 1 aliphatic rings. The summed E-state index contributed by atoms with van der Waals surface area (Å²) in [7, 11) is 0. The summed E-state index contributed by atoms with van der Waals surface area (Å²) in [5.74, 6) is -0.798. The van der Waals surface area contributed by atoms with E-state index in [9.17, 15) is 9.59 Å². The van der Waals surface area contributed by atoms with Gasteiger partial charge in [-0.05, 0) is 25.8 Å². The van der Waals surface area contributed by atoms with E-state index in [2.05, 4.69) is 5.32 Å². The topological polar surface area (TPSA) is 55.4 Å². The molecule has 0 saturated carbocycles. The van der Waals surface area contributed by atoms with Crippen LogP contribution in [0.2, 0.25) is 0 Å². The van der Waals surface area contributed by atoms with Gasteiger partial charge in [0.2, 0.25) is 5.91 Å². The summed E-state index contributed by atoms with van der Waals surface area (Å²) in [4.78, 5) is 24.3. The molecule has 1 aliphatic heterocycles. The Hall–Kier alpha value is -2.36. The summed E-state index contributed by atoms with van der Waals surface area (Å²) in [6.07, 6.45) is 3.98. The second kappa shape index (κ2) is 6.88. The van der Waals surface area contributed by atoms with Crippen LogP contribution in [0, 0.1) is 5.92 Å². The molecule has 0 saturated heterocycles. The predicted octanol–water partition coefficient (Wildman–Crippen LogP) is 2.67. The van der Waals surface area contributed by atoms with Crippen LogP contribution < -0.4 is 5.32 Å². The normalized spacial score (nSPS) is 18.8. The van der Waals surface area contributed by atoms with E-state index in [1.165, 1.54) is 0 Å². The summed E-state index contributed by atoms with van der Waals surface area (Å²) in [6, 6.07) is 9.36. The monoisotopic (exact) mass is 285 g/mol. The highest BCUT2D eigenvalue weighted by Crippen LogP contribution is 2.28. The van der Waals surface area contributed by atoms with Crippen LogP contribution in [0.4, 0.5) is 0 Å². The largest absolute Gasteiger partial charge is 0.463 e. The van der Waals surface area contributed by atoms with Crippen molar-refractivity contribution in [2.75, 3.05) is 6.61 Å². The van der Waals surface area contributed by atoms with Crippen molar-refractivity contribution in [1.29, 1.82) is 0 Å². The van der Waals surface area contributed by atoms with Gasteiger partial charge in [-0.2, -0.15) is 0 Å². The van der Waals surface area contributed by atoms with Crippen LogP contribution >= 0.6 is 0 Å². The molecule has 110 valence electrons. The van der Waals surface area contributed by atoms with Gasteiger partial charge in [-0.25, -0.2) is 4.79 Å². The standard InChI is InChI=1S/C17H19NO3/c1-3-8-13-11-14(17(20)21-4-2)15(18-16(13)19)12-9-6-5-7-10-12/h3,5-10,13H,4,11H2,1-2H3,(H,18,19)/b8-3-. The van der Waals surface area contributed by atoms with Gasteiger partial charge in [0, 0.05) is 0 Å². The molecule has 0 aromatic heterocycles. The molecule has 1 aromatic rings. The Kier molecular flexibility index (Phi) is 4.93. The highest BCUT2D eigenvalue weighted by atomic mass is 16.5. The van der Waals surface area contributed by atoms with E-state index in [1.807, 2.05) is 43.3 Å². The smallest absolute Gasteiger partial charge is 0.336 e. The van der Waals surface area contributed by atoms with Crippen molar-refractivity contribution in [1.82, 2.24) is 5.32 Å². The van der Waals surface area contributed by atoms with E-state index in [0.29, 0.717) is 24.3 Å². The number of benzene rings is 1. The third-order valence-corrected chi connectivity index (χ3v) is 3.32. The fourth-order valence-corrected chi connectivity index (χ4v) is 2.35. The molecular formula is C17H19NO3. The molecule has 1 unspecified atom stereocenters. The number of carbonyl (C=O) groups is 2. The SMILES string of the molecule is C/C=C\C1CC(C(=O)OCC)=C(c2ccccc2)NC1=O. The lowest BCUT2D eigenvalue weighted by atomic mass is 9.90. The zero-order valence-electron chi connectivity index (χ0n) is 12.3. The van der Waals surface area contributed by atoms with Gasteiger partial charge < -0.3 is 10.1 Å². The van der Waals surface area contributed by atoms with Gasteiger partial charge in [0.05, 0.1) is 23.8 Å². The third-order valence-electron chi connectivity index (χ3n) is 3.32. The van der Waals surface area contributed by atoms with E-state index in [1.54, 1.807) is 13.0 Å². The molecule has 0 bridgehead atoms. The Morgan fingerprint density at radius 1 is 1.38 bits per heavy atom. The fraction of sp³-hybridized carbons (Fsp3) is 0.294. The molecule has 1 amide bonds. The minimum absolute atomic E-state index is 0.0972. The van der Waals surface area contributed by atoms with Gasteiger partial charge in [0.25, 0.3) is 0 Å². The Labute approximate surface area is 124 Å². The first kappa shape index (κ1) is 15.0. The molecule has 21 heavy (non-hydrogen) atoms. The molecule has 1 aromatic carbocycles. The van der Waals surface area contributed by atoms with Crippen molar-refractivity contribution in [3.05, 3.63) is 53.6 Å². The Balaban J connectivity index is 2.45. The molecular weight excluding hydrogens is 266 g/mol. The van der Waals surface area contributed by atoms with Crippen molar-refractivity contribution < 1.29 is 14.3 Å². The summed E-state index contributed by atoms with van der Waals surface area (Å²) in [5, 5.41) is 2.85. The molecule has 2 rings (SSSR count). The van der Waals surface area contributed by atoms with Gasteiger partial charge in [0.1, 0.15) is 0 Å². The summed E-state index contributed by atoms with van der Waals surface area (Å²) in [5.41, 5.74) is 1.89. The summed E-state index contributed by atoms with van der Waals surface area (Å²) < 4.78 is 5.12. The lowest BCUT2D eigenvalue weighted by molar-refractivity contribution is -0.138. The number of amides is 1. The predicted molar refractivity (Wildman–Crippen MR) is 81.1 cm³/mol. The maximum atomic E-state index is 12.2. The van der Waals surface area contributed by atoms with Crippen molar-refractivity contribution in [2.24, 2.45) is 5.92 Å². The molecule has 0 aliphatic carbocycles. The first-order chi connectivity index (χ1) is 10.2. The zero-order valence-corrected chi connectivity index (χ0v) is 12.3. The molecule has 0 spiro atoms. The highest BCUT2D eigenvalue weighted by molar-refractivity contribution is 6.04. The third kappa shape index (κ3) is 3.40. The molecule has 0 radical (unpaired) electrons. The van der Waals surface area contributed by atoms with Crippen molar-refractivity contribution >= 4 is 17.6 Å². The van der Waals surface area contributed by atoms with Crippen LogP contribution in [-0.2, 0) is 14.3 Å². The first-order valence-electron chi connectivity index (χ1n) is 7.06. The molecule has 1 heterocycles. The molecule has 1 atom stereocenters. The average molecular weight is 285 g/mol. The van der Waals surface area contributed by atoms with E-state index in [4.69, 9.17) is 4.74 Å². The highest BCUT2D eigenvalue weighted by Gasteiger charge is 2.30. The molecule has 0 fully saturated rings. The Morgan fingerprint density at radius 3 is 2.71 bits per heavy atom. The van der Waals surface area contributed by atoms with Crippen molar-refractivity contribution in [3.8, 4) is 0 Å². The first-order valence-corrected chi connectivity index (χ1v) is 7.06.